The van der Waals surface area contributed by atoms with Gasteiger partial charge in [0.2, 0.25) is 17.5 Å². The lowest BCUT2D eigenvalue weighted by Gasteiger charge is -2.19. The fourth-order valence-corrected chi connectivity index (χ4v) is 3.18. The lowest BCUT2D eigenvalue weighted by Crippen LogP contribution is -2.33. The maximum Gasteiger partial charge on any atom is 0.291 e. The van der Waals surface area contributed by atoms with Gasteiger partial charge in [-0.05, 0) is 37.6 Å². The minimum absolute atomic E-state index is 0.0262. The molecule has 2 heterocycles. The molecule has 1 saturated heterocycles. The highest BCUT2D eigenvalue weighted by Crippen LogP contribution is 2.23. The van der Waals surface area contributed by atoms with Crippen LogP contribution in [0.25, 0.3) is 0 Å². The monoisotopic (exact) mass is 368 g/mol. The summed E-state index contributed by atoms with van der Waals surface area (Å²) in [4.78, 5) is 49.7. The fraction of sp³-hybridized carbons (Fsp3) is 0.300. The number of benzene rings is 1. The molecule has 7 nitrogen and oxygen atoms in total. The van der Waals surface area contributed by atoms with Gasteiger partial charge in [-0.25, -0.2) is 0 Å². The van der Waals surface area contributed by atoms with Gasteiger partial charge >= 0.3 is 0 Å². The number of amides is 2. The number of furan rings is 1. The van der Waals surface area contributed by atoms with Crippen LogP contribution in [0.5, 0.6) is 0 Å². The van der Waals surface area contributed by atoms with E-state index < -0.39 is 29.3 Å². The Hall–Kier alpha value is -3.22. The summed E-state index contributed by atoms with van der Waals surface area (Å²) >= 11 is 0. The van der Waals surface area contributed by atoms with Gasteiger partial charge in [-0.15, -0.1) is 0 Å². The van der Waals surface area contributed by atoms with E-state index in [9.17, 15) is 19.2 Å². The maximum atomic E-state index is 12.6. The molecule has 1 unspecified atom stereocenters. The summed E-state index contributed by atoms with van der Waals surface area (Å²) in [5.41, 5.74) is 6.43. The van der Waals surface area contributed by atoms with E-state index in [-0.39, 0.29) is 24.8 Å². The minimum atomic E-state index is -1.04. The second-order valence-corrected chi connectivity index (χ2v) is 6.80. The largest absolute Gasteiger partial charge is 0.458 e. The number of carbonyl (C=O) groups is 4. The molecule has 0 spiro atoms. The molecule has 0 saturated carbocycles. The molecule has 2 amide bonds. The number of Topliss-reactive ketones (excluding diaryl/α,β-unsaturated/α-hetero) is 2. The third-order valence-corrected chi connectivity index (χ3v) is 4.66. The lowest BCUT2D eigenvalue weighted by molar-refractivity contribution is -0.141. The summed E-state index contributed by atoms with van der Waals surface area (Å²) in [6.45, 7) is 3.65. The van der Waals surface area contributed by atoms with Crippen LogP contribution in [-0.2, 0) is 16.0 Å². The number of hydrogen-bond donors (Lipinski definition) is 1. The van der Waals surface area contributed by atoms with Crippen LogP contribution in [0.2, 0.25) is 0 Å². The van der Waals surface area contributed by atoms with E-state index in [1.165, 1.54) is 11.0 Å². The number of nitrogens with two attached hydrogens (primary N) is 1. The Morgan fingerprint density at radius 3 is 2.52 bits per heavy atom. The first-order valence-corrected chi connectivity index (χ1v) is 8.65. The number of carbonyl (C=O) groups excluding carboxylic acids is 4. The number of likely N-dealkylation sites (tertiary alicyclic amines) is 1. The summed E-state index contributed by atoms with van der Waals surface area (Å²) in [6, 6.07) is 9.81. The van der Waals surface area contributed by atoms with Gasteiger partial charge in [-0.2, -0.15) is 0 Å². The Morgan fingerprint density at radius 2 is 1.89 bits per heavy atom. The van der Waals surface area contributed by atoms with E-state index in [1.807, 2.05) is 0 Å². The Kier molecular flexibility index (Phi) is 4.94. The number of hydrogen-bond acceptors (Lipinski definition) is 5. The number of ketones is 2. The van der Waals surface area contributed by atoms with Crippen molar-refractivity contribution in [2.24, 2.45) is 11.7 Å². The van der Waals surface area contributed by atoms with Crippen LogP contribution >= 0.6 is 0 Å². The van der Waals surface area contributed by atoms with Crippen molar-refractivity contribution in [3.8, 4) is 0 Å². The average Bonchev–Trinajstić information content (AvgIpc) is 3.20. The van der Waals surface area contributed by atoms with Gasteiger partial charge in [-0.3, -0.25) is 19.2 Å². The zero-order chi connectivity index (χ0) is 19.7. The topological polar surface area (TPSA) is 111 Å². The zero-order valence-corrected chi connectivity index (χ0v) is 15.1. The van der Waals surface area contributed by atoms with Crippen molar-refractivity contribution in [2.75, 3.05) is 6.54 Å². The molecule has 3 rings (SSSR count). The second-order valence-electron chi connectivity index (χ2n) is 6.80. The predicted molar refractivity (Wildman–Crippen MR) is 96.2 cm³/mol. The van der Waals surface area contributed by atoms with Crippen LogP contribution in [0, 0.1) is 5.92 Å². The smallest absolute Gasteiger partial charge is 0.291 e. The van der Waals surface area contributed by atoms with Crippen molar-refractivity contribution in [2.45, 2.75) is 26.3 Å². The lowest BCUT2D eigenvalue weighted by atomic mass is 10.0. The molecular weight excluding hydrogens is 348 g/mol. The summed E-state index contributed by atoms with van der Waals surface area (Å²) in [5.74, 6) is -2.95. The first-order valence-electron chi connectivity index (χ1n) is 8.65. The molecule has 140 valence electrons. The van der Waals surface area contributed by atoms with Crippen LogP contribution in [0.15, 0.2) is 40.8 Å². The van der Waals surface area contributed by atoms with Crippen LogP contribution in [0.4, 0.5) is 0 Å². The van der Waals surface area contributed by atoms with Gasteiger partial charge in [0, 0.05) is 24.6 Å². The molecule has 0 bridgehead atoms. The van der Waals surface area contributed by atoms with Crippen LogP contribution in [-0.4, -0.2) is 40.9 Å². The molecule has 1 aromatic heterocycles. The molecule has 1 aromatic carbocycles. The standard InChI is InChI=1S/C20H20N2O5/c1-11(2)22-10-15(18(24)20(22)26)17(23)16-8-7-13(27-16)9-12-5-3-4-6-14(12)19(21)25/h3-8,11,15H,9-10H2,1-2H3,(H2,21,25). The van der Waals surface area contributed by atoms with Crippen molar-refractivity contribution in [3.63, 3.8) is 0 Å². The molecular formula is C20H20N2O5. The molecule has 2 aromatic rings. The normalized spacial score (nSPS) is 17.0. The van der Waals surface area contributed by atoms with E-state index in [0.29, 0.717) is 16.9 Å². The van der Waals surface area contributed by atoms with Crippen LogP contribution < -0.4 is 5.73 Å². The SMILES string of the molecule is CC(C)N1CC(C(=O)c2ccc(Cc3ccccc3C(N)=O)o2)C(=O)C1=O. The molecule has 1 atom stereocenters. The van der Waals surface area contributed by atoms with Gasteiger partial charge in [0.15, 0.2) is 5.76 Å². The molecule has 2 N–H and O–H groups in total. The first-order chi connectivity index (χ1) is 12.8. The summed E-state index contributed by atoms with van der Waals surface area (Å²) in [6.07, 6.45) is 0.280. The Morgan fingerprint density at radius 1 is 1.19 bits per heavy atom. The van der Waals surface area contributed by atoms with Crippen molar-refractivity contribution in [3.05, 3.63) is 59.0 Å². The maximum absolute atomic E-state index is 12.6. The van der Waals surface area contributed by atoms with E-state index in [0.717, 1.165) is 0 Å². The molecule has 1 fully saturated rings. The second kappa shape index (κ2) is 7.19. The van der Waals surface area contributed by atoms with E-state index in [2.05, 4.69) is 0 Å². The van der Waals surface area contributed by atoms with Gasteiger partial charge in [-0.1, -0.05) is 18.2 Å². The Labute approximate surface area is 156 Å². The van der Waals surface area contributed by atoms with E-state index in [4.69, 9.17) is 10.2 Å². The van der Waals surface area contributed by atoms with Gasteiger partial charge in [0.25, 0.3) is 5.91 Å². The number of nitrogens with zero attached hydrogens (tertiary/aromatic N) is 1. The molecule has 1 aliphatic rings. The fourth-order valence-electron chi connectivity index (χ4n) is 3.18. The summed E-state index contributed by atoms with van der Waals surface area (Å²) < 4.78 is 5.59. The molecule has 7 heteroatoms. The van der Waals surface area contributed by atoms with Crippen molar-refractivity contribution in [1.82, 2.24) is 4.90 Å². The Balaban J connectivity index is 1.78. The zero-order valence-electron chi connectivity index (χ0n) is 15.1. The summed E-state index contributed by atoms with van der Waals surface area (Å²) in [5, 5.41) is 0. The number of primary amides is 1. The number of rotatable bonds is 6. The molecule has 0 aliphatic carbocycles. The van der Waals surface area contributed by atoms with Crippen LogP contribution in [0.1, 0.15) is 46.1 Å². The molecule has 0 radical (unpaired) electrons. The first kappa shape index (κ1) is 18.6. The van der Waals surface area contributed by atoms with Gasteiger partial charge in [0.1, 0.15) is 11.7 Å². The van der Waals surface area contributed by atoms with Crippen molar-refractivity contribution >= 4 is 23.4 Å². The quantitative estimate of drug-likeness (QED) is 0.473. The summed E-state index contributed by atoms with van der Waals surface area (Å²) in [7, 11) is 0. The van der Waals surface area contributed by atoms with Gasteiger partial charge in [0.05, 0.1) is 0 Å². The van der Waals surface area contributed by atoms with Gasteiger partial charge < -0.3 is 15.1 Å². The van der Waals surface area contributed by atoms with E-state index >= 15 is 0 Å². The average molecular weight is 368 g/mol. The van der Waals surface area contributed by atoms with E-state index in [1.54, 1.807) is 44.2 Å². The van der Waals surface area contributed by atoms with Crippen molar-refractivity contribution < 1.29 is 23.6 Å². The molecule has 27 heavy (non-hydrogen) atoms. The highest BCUT2D eigenvalue weighted by atomic mass is 16.3. The minimum Gasteiger partial charge on any atom is -0.458 e. The third-order valence-electron chi connectivity index (χ3n) is 4.66. The highest BCUT2D eigenvalue weighted by Gasteiger charge is 2.44. The third kappa shape index (κ3) is 3.53. The van der Waals surface area contributed by atoms with Crippen molar-refractivity contribution in [1.29, 1.82) is 0 Å². The molecule has 1 aliphatic heterocycles. The van der Waals surface area contributed by atoms with Crippen LogP contribution in [0.3, 0.4) is 0 Å². The predicted octanol–water partition coefficient (Wildman–Crippen LogP) is 1.59. The Bertz CT molecular complexity index is 928. The highest BCUT2D eigenvalue weighted by molar-refractivity contribution is 6.43.